The molecular formula is C12H8N2O3. The molecule has 0 bridgehead atoms. The van der Waals surface area contributed by atoms with Crippen LogP contribution in [0.3, 0.4) is 0 Å². The average molecular weight is 228 g/mol. The van der Waals surface area contributed by atoms with Gasteiger partial charge in [-0.3, -0.25) is 4.99 Å². The molecule has 0 spiro atoms. The number of carbonyl (C=O) groups excluding carboxylic acids is 1. The molecule has 0 aliphatic carbocycles. The number of nitrogens with zero attached hydrogens (tertiary/aromatic N) is 2. The number of rotatable bonds is 1. The fourth-order valence-corrected chi connectivity index (χ4v) is 2.03. The van der Waals surface area contributed by atoms with Crippen LogP contribution in [0.1, 0.15) is 11.1 Å². The van der Waals surface area contributed by atoms with Gasteiger partial charge >= 0.3 is 5.97 Å². The van der Waals surface area contributed by atoms with E-state index in [1.165, 1.54) is 19.5 Å². The summed E-state index contributed by atoms with van der Waals surface area (Å²) < 4.78 is 5.46. The standard InChI is InChI=1S/C12H8N2O3/c1-17-12(15)8-6-13-9-2-3-10-7(11(8)9)4-5-14(10)16/h2-6H,1H3. The summed E-state index contributed by atoms with van der Waals surface area (Å²) in [5.41, 5.74) is 1.78. The molecule has 3 rings (SSSR count). The van der Waals surface area contributed by atoms with Crippen molar-refractivity contribution in [2.75, 3.05) is 7.11 Å². The van der Waals surface area contributed by atoms with E-state index in [2.05, 4.69) is 4.99 Å². The number of hydrogen-bond donors (Lipinski definition) is 0. The second-order valence-electron chi connectivity index (χ2n) is 3.70. The van der Waals surface area contributed by atoms with E-state index in [0.717, 1.165) is 10.3 Å². The van der Waals surface area contributed by atoms with E-state index in [-0.39, 0.29) is 0 Å². The summed E-state index contributed by atoms with van der Waals surface area (Å²) in [6, 6.07) is 3.41. The molecule has 0 N–H and O–H groups in total. The maximum absolute atomic E-state index is 11.6. The van der Waals surface area contributed by atoms with Crippen LogP contribution in [0.4, 0.5) is 0 Å². The summed E-state index contributed by atoms with van der Waals surface area (Å²) in [7, 11) is 1.32. The summed E-state index contributed by atoms with van der Waals surface area (Å²) in [6.07, 6.45) is 4.56. The molecule has 5 nitrogen and oxygen atoms in total. The zero-order valence-electron chi connectivity index (χ0n) is 9.01. The number of ether oxygens (including phenoxy) is 1. The molecule has 0 saturated heterocycles. The Bertz CT molecular complexity index is 714. The Labute approximate surface area is 96.3 Å². The van der Waals surface area contributed by atoms with Crippen LogP contribution in [0.25, 0.3) is 11.6 Å². The summed E-state index contributed by atoms with van der Waals surface area (Å²) in [4.78, 5) is 15.7. The Morgan fingerprint density at radius 1 is 1.47 bits per heavy atom. The molecule has 0 amide bonds. The van der Waals surface area contributed by atoms with Gasteiger partial charge in [0.2, 0.25) is 5.36 Å². The second-order valence-corrected chi connectivity index (χ2v) is 3.70. The van der Waals surface area contributed by atoms with E-state index in [1.54, 1.807) is 18.2 Å². The van der Waals surface area contributed by atoms with Gasteiger partial charge in [-0.05, 0) is 6.07 Å². The molecular weight excluding hydrogens is 220 g/mol. The lowest BCUT2D eigenvalue weighted by Gasteiger charge is -2.02. The average Bonchev–Trinajstić information content (AvgIpc) is 2.92. The van der Waals surface area contributed by atoms with Crippen molar-refractivity contribution in [3.63, 3.8) is 0 Å². The van der Waals surface area contributed by atoms with Crippen molar-refractivity contribution in [1.82, 2.24) is 4.74 Å². The number of benzene rings is 1. The second kappa shape index (κ2) is 3.28. The van der Waals surface area contributed by atoms with E-state index in [0.29, 0.717) is 21.9 Å². The van der Waals surface area contributed by atoms with Gasteiger partial charge in [-0.25, -0.2) is 4.79 Å². The highest BCUT2D eigenvalue weighted by Gasteiger charge is 2.25. The fraction of sp³-hybridized carbons (Fsp3) is 0.0833. The first-order valence-electron chi connectivity index (χ1n) is 5.03. The quantitative estimate of drug-likeness (QED) is 0.380. The molecule has 84 valence electrons. The lowest BCUT2D eigenvalue weighted by molar-refractivity contribution is -0.133. The first-order chi connectivity index (χ1) is 8.22. The summed E-state index contributed by atoms with van der Waals surface area (Å²) >= 11 is 0. The summed E-state index contributed by atoms with van der Waals surface area (Å²) in [5.74, 6) is -0.446. The Balaban J connectivity index is 2.32. The minimum Gasteiger partial charge on any atom is -0.618 e. The van der Waals surface area contributed by atoms with Crippen LogP contribution in [-0.2, 0) is 9.53 Å². The van der Waals surface area contributed by atoms with Crippen molar-refractivity contribution in [1.29, 1.82) is 0 Å². The number of hydroxylamine groups is 1. The maximum Gasteiger partial charge on any atom is 0.340 e. The monoisotopic (exact) mass is 228 g/mol. The van der Waals surface area contributed by atoms with Gasteiger partial charge in [0.25, 0.3) is 0 Å². The molecule has 0 fully saturated rings. The molecule has 0 saturated carbocycles. The van der Waals surface area contributed by atoms with E-state index in [4.69, 9.17) is 4.74 Å². The molecule has 1 aromatic rings. The molecule has 5 heteroatoms. The predicted molar refractivity (Wildman–Crippen MR) is 60.9 cm³/mol. The maximum atomic E-state index is 11.6. The fourth-order valence-electron chi connectivity index (χ4n) is 2.03. The zero-order chi connectivity index (χ0) is 12.0. The first kappa shape index (κ1) is 9.77. The Hall–Kier alpha value is -2.43. The van der Waals surface area contributed by atoms with Crippen molar-refractivity contribution in [3.05, 3.63) is 51.6 Å². The third-order valence-corrected chi connectivity index (χ3v) is 2.82. The summed E-state index contributed by atoms with van der Waals surface area (Å²) in [5, 5.41) is 12.7. The van der Waals surface area contributed by atoms with Gasteiger partial charge in [-0.15, -0.1) is 0 Å². The molecule has 1 aromatic carbocycles. The van der Waals surface area contributed by atoms with Gasteiger partial charge in [0.05, 0.1) is 23.6 Å². The van der Waals surface area contributed by atoms with Crippen molar-refractivity contribution in [2.24, 2.45) is 4.99 Å². The Morgan fingerprint density at radius 3 is 3.06 bits per heavy atom. The molecule has 2 aliphatic rings. The van der Waals surface area contributed by atoms with Crippen LogP contribution in [-0.4, -0.2) is 13.1 Å². The Kier molecular flexibility index (Phi) is 1.89. The molecule has 0 unspecified atom stereocenters. The molecule has 2 heterocycles. The SMILES string of the molecule is COC(=O)C1=CN=c2ccc3c(c21)C=C[N+]=3[O-]. The van der Waals surface area contributed by atoms with E-state index < -0.39 is 5.97 Å². The zero-order valence-corrected chi connectivity index (χ0v) is 9.01. The van der Waals surface area contributed by atoms with Crippen LogP contribution in [0.2, 0.25) is 0 Å². The van der Waals surface area contributed by atoms with Crippen LogP contribution in [0.15, 0.2) is 29.5 Å². The topological polar surface area (TPSA) is 64.7 Å². The van der Waals surface area contributed by atoms with Gasteiger partial charge in [-0.2, -0.15) is 4.74 Å². The normalized spacial score (nSPS) is 15.1. The molecule has 2 aliphatic heterocycles. The van der Waals surface area contributed by atoms with Crippen LogP contribution >= 0.6 is 0 Å². The highest BCUT2D eigenvalue weighted by molar-refractivity contribution is 6.17. The van der Waals surface area contributed by atoms with Crippen molar-refractivity contribution in [3.8, 4) is 0 Å². The number of esters is 1. The molecule has 17 heavy (non-hydrogen) atoms. The highest BCUT2D eigenvalue weighted by Crippen LogP contribution is 2.20. The predicted octanol–water partition coefficient (Wildman–Crippen LogP) is -0.193. The lowest BCUT2D eigenvalue weighted by Crippen LogP contribution is -2.24. The van der Waals surface area contributed by atoms with Gasteiger partial charge < -0.3 is 9.94 Å². The van der Waals surface area contributed by atoms with E-state index in [9.17, 15) is 10.0 Å². The van der Waals surface area contributed by atoms with E-state index >= 15 is 0 Å². The van der Waals surface area contributed by atoms with Crippen LogP contribution in [0.5, 0.6) is 0 Å². The third kappa shape index (κ3) is 1.22. The summed E-state index contributed by atoms with van der Waals surface area (Å²) in [6.45, 7) is 0. The number of fused-ring (bicyclic) bond motifs is 3. The Morgan fingerprint density at radius 2 is 2.29 bits per heavy atom. The third-order valence-electron chi connectivity index (χ3n) is 2.82. The molecule has 0 aromatic heterocycles. The smallest absolute Gasteiger partial charge is 0.340 e. The molecule has 0 atom stereocenters. The van der Waals surface area contributed by atoms with Crippen molar-refractivity contribution < 1.29 is 9.53 Å². The number of methoxy groups -OCH3 is 1. The van der Waals surface area contributed by atoms with E-state index in [1.807, 2.05) is 0 Å². The van der Waals surface area contributed by atoms with Gasteiger partial charge in [0.1, 0.15) is 0 Å². The number of hydrogen-bond acceptors (Lipinski definition) is 4. The highest BCUT2D eigenvalue weighted by atomic mass is 16.5. The van der Waals surface area contributed by atoms with Gasteiger partial charge in [0, 0.05) is 23.9 Å². The van der Waals surface area contributed by atoms with Crippen molar-refractivity contribution in [2.45, 2.75) is 0 Å². The largest absolute Gasteiger partial charge is 0.618 e. The first-order valence-corrected chi connectivity index (χ1v) is 5.03. The van der Waals surface area contributed by atoms with Gasteiger partial charge in [-0.1, -0.05) is 0 Å². The number of carbonyl (C=O) groups is 1. The van der Waals surface area contributed by atoms with Gasteiger partial charge in [0.15, 0.2) is 6.20 Å². The lowest BCUT2D eigenvalue weighted by atomic mass is 10.0. The molecule has 0 radical (unpaired) electrons. The van der Waals surface area contributed by atoms with Crippen LogP contribution < -0.4 is 15.5 Å². The minimum absolute atomic E-state index is 0.388. The van der Waals surface area contributed by atoms with Crippen molar-refractivity contribution >= 4 is 17.6 Å². The minimum atomic E-state index is -0.446. The van der Waals surface area contributed by atoms with Crippen LogP contribution in [0, 0.1) is 5.21 Å².